The van der Waals surface area contributed by atoms with Crippen molar-refractivity contribution < 1.29 is 9.90 Å². The van der Waals surface area contributed by atoms with Crippen LogP contribution in [0.1, 0.15) is 10.4 Å². The molecule has 4 heteroatoms. The number of carboxylic acids is 1. The Bertz CT molecular complexity index is 581. The molecule has 0 aliphatic rings. The number of nitrogens with two attached hydrogens (primary N) is 1. The average molecular weight is 248 g/mol. The van der Waals surface area contributed by atoms with E-state index in [1.54, 1.807) is 36.4 Å². The van der Waals surface area contributed by atoms with Crippen molar-refractivity contribution in [3.63, 3.8) is 0 Å². The number of anilines is 1. The van der Waals surface area contributed by atoms with Gasteiger partial charge in [-0.2, -0.15) is 0 Å². The molecule has 0 amide bonds. The van der Waals surface area contributed by atoms with Gasteiger partial charge in [0.2, 0.25) is 0 Å². The number of rotatable bonds is 2. The maximum atomic E-state index is 11.1. The zero-order valence-electron chi connectivity index (χ0n) is 8.85. The Hall–Kier alpha value is -2.00. The monoisotopic (exact) mass is 247 g/mol. The minimum atomic E-state index is -1.00. The van der Waals surface area contributed by atoms with Crippen molar-refractivity contribution in [3.05, 3.63) is 53.1 Å². The van der Waals surface area contributed by atoms with Gasteiger partial charge in [-0.15, -0.1) is 0 Å². The van der Waals surface area contributed by atoms with Gasteiger partial charge in [-0.05, 0) is 29.8 Å². The number of carboxylic acid groups (broad SMARTS) is 1. The first kappa shape index (κ1) is 11.5. The number of hydrogen-bond donors (Lipinski definition) is 2. The highest BCUT2D eigenvalue weighted by Crippen LogP contribution is 2.31. The number of hydrogen-bond acceptors (Lipinski definition) is 2. The van der Waals surface area contributed by atoms with Gasteiger partial charge < -0.3 is 10.8 Å². The summed E-state index contributed by atoms with van der Waals surface area (Å²) in [5, 5.41) is 9.63. The van der Waals surface area contributed by atoms with E-state index in [-0.39, 0.29) is 5.56 Å². The first-order chi connectivity index (χ1) is 8.09. The quantitative estimate of drug-likeness (QED) is 0.801. The summed E-state index contributed by atoms with van der Waals surface area (Å²) in [6.45, 7) is 0. The van der Waals surface area contributed by atoms with Crippen LogP contribution in [0.5, 0.6) is 0 Å². The third-order valence-electron chi connectivity index (χ3n) is 2.44. The summed E-state index contributed by atoms with van der Waals surface area (Å²) in [5.74, 6) is -1.00. The standard InChI is InChI=1S/C13H10ClNO2/c14-12-4-2-1-3-9(12)11-7-8(15)5-6-10(11)13(16)17/h1-7H,15H2,(H,16,17). The molecule has 0 saturated heterocycles. The van der Waals surface area contributed by atoms with Gasteiger partial charge in [-0.1, -0.05) is 29.8 Å². The van der Waals surface area contributed by atoms with Crippen LogP contribution in [0.2, 0.25) is 5.02 Å². The summed E-state index contributed by atoms with van der Waals surface area (Å²) in [5.41, 5.74) is 7.57. The maximum Gasteiger partial charge on any atom is 0.336 e. The molecule has 17 heavy (non-hydrogen) atoms. The second-order valence-corrected chi connectivity index (χ2v) is 4.00. The highest BCUT2D eigenvalue weighted by Gasteiger charge is 2.13. The molecule has 0 saturated carbocycles. The second kappa shape index (κ2) is 4.47. The Morgan fingerprint density at radius 1 is 1.12 bits per heavy atom. The van der Waals surface area contributed by atoms with Crippen LogP contribution in [0.25, 0.3) is 11.1 Å². The minimum absolute atomic E-state index is 0.187. The molecule has 0 heterocycles. The van der Waals surface area contributed by atoms with Gasteiger partial charge in [-0.25, -0.2) is 4.79 Å². The van der Waals surface area contributed by atoms with Crippen molar-refractivity contribution in [2.75, 3.05) is 5.73 Å². The van der Waals surface area contributed by atoms with Gasteiger partial charge in [0.15, 0.2) is 0 Å². The van der Waals surface area contributed by atoms with Gasteiger partial charge in [0, 0.05) is 16.3 Å². The van der Waals surface area contributed by atoms with Crippen molar-refractivity contribution in [2.24, 2.45) is 0 Å². The van der Waals surface area contributed by atoms with Gasteiger partial charge >= 0.3 is 5.97 Å². The Morgan fingerprint density at radius 2 is 1.82 bits per heavy atom. The molecule has 2 aromatic rings. The first-order valence-electron chi connectivity index (χ1n) is 4.97. The molecule has 2 rings (SSSR count). The molecule has 0 unspecified atom stereocenters. The molecule has 2 aromatic carbocycles. The normalized spacial score (nSPS) is 10.2. The molecule has 0 spiro atoms. The van der Waals surface area contributed by atoms with E-state index in [4.69, 9.17) is 22.4 Å². The summed E-state index contributed by atoms with van der Waals surface area (Å²) in [7, 11) is 0. The summed E-state index contributed by atoms with van der Waals surface area (Å²) < 4.78 is 0. The lowest BCUT2D eigenvalue weighted by Crippen LogP contribution is -2.00. The van der Waals surface area contributed by atoms with Gasteiger partial charge in [0.1, 0.15) is 0 Å². The Kier molecular flexibility index (Phi) is 3.02. The Labute approximate surface area is 103 Å². The largest absolute Gasteiger partial charge is 0.478 e. The molecule has 3 N–H and O–H groups in total. The topological polar surface area (TPSA) is 63.3 Å². The lowest BCUT2D eigenvalue weighted by atomic mass is 9.99. The molecule has 3 nitrogen and oxygen atoms in total. The van der Waals surface area contributed by atoms with Crippen molar-refractivity contribution in [1.82, 2.24) is 0 Å². The fourth-order valence-electron chi connectivity index (χ4n) is 1.65. The van der Waals surface area contributed by atoms with Crippen LogP contribution in [0.15, 0.2) is 42.5 Å². The fraction of sp³-hybridized carbons (Fsp3) is 0. The van der Waals surface area contributed by atoms with E-state index in [9.17, 15) is 4.79 Å². The van der Waals surface area contributed by atoms with Crippen molar-refractivity contribution in [1.29, 1.82) is 0 Å². The van der Waals surface area contributed by atoms with E-state index >= 15 is 0 Å². The van der Waals surface area contributed by atoms with Crippen LogP contribution >= 0.6 is 11.6 Å². The molecule has 0 bridgehead atoms. The van der Waals surface area contributed by atoms with Crippen LogP contribution < -0.4 is 5.73 Å². The molecule has 0 radical (unpaired) electrons. The lowest BCUT2D eigenvalue weighted by molar-refractivity contribution is 0.0698. The number of benzene rings is 2. The van der Waals surface area contributed by atoms with Crippen LogP contribution in [0.3, 0.4) is 0 Å². The summed E-state index contributed by atoms with van der Waals surface area (Å²) >= 11 is 6.05. The molecule has 0 aliphatic heterocycles. The summed E-state index contributed by atoms with van der Waals surface area (Å²) in [6, 6.07) is 11.7. The van der Waals surface area contributed by atoms with E-state index < -0.39 is 5.97 Å². The zero-order valence-corrected chi connectivity index (χ0v) is 9.61. The van der Waals surface area contributed by atoms with E-state index in [1.807, 2.05) is 0 Å². The minimum Gasteiger partial charge on any atom is -0.478 e. The van der Waals surface area contributed by atoms with Crippen LogP contribution in [-0.4, -0.2) is 11.1 Å². The predicted molar refractivity (Wildman–Crippen MR) is 68.3 cm³/mol. The number of nitrogen functional groups attached to an aromatic ring is 1. The Balaban J connectivity index is 2.70. The lowest BCUT2D eigenvalue weighted by Gasteiger charge is -2.09. The molecular formula is C13H10ClNO2. The number of halogens is 1. The van der Waals surface area contributed by atoms with Crippen LogP contribution in [-0.2, 0) is 0 Å². The van der Waals surface area contributed by atoms with Crippen molar-refractivity contribution >= 4 is 23.3 Å². The predicted octanol–water partition coefficient (Wildman–Crippen LogP) is 3.29. The molecule has 0 aromatic heterocycles. The average Bonchev–Trinajstić information content (AvgIpc) is 2.29. The Morgan fingerprint density at radius 3 is 2.47 bits per heavy atom. The van der Waals surface area contributed by atoms with E-state index in [1.165, 1.54) is 6.07 Å². The van der Waals surface area contributed by atoms with Crippen LogP contribution in [0, 0.1) is 0 Å². The van der Waals surface area contributed by atoms with E-state index in [0.717, 1.165) is 0 Å². The van der Waals surface area contributed by atoms with Gasteiger partial charge in [0.05, 0.1) is 5.56 Å². The number of aromatic carboxylic acids is 1. The molecule has 0 aliphatic carbocycles. The smallest absolute Gasteiger partial charge is 0.336 e. The first-order valence-corrected chi connectivity index (χ1v) is 5.35. The van der Waals surface area contributed by atoms with Crippen molar-refractivity contribution in [2.45, 2.75) is 0 Å². The van der Waals surface area contributed by atoms with Gasteiger partial charge in [0.25, 0.3) is 0 Å². The van der Waals surface area contributed by atoms with Crippen molar-refractivity contribution in [3.8, 4) is 11.1 Å². The van der Waals surface area contributed by atoms with Crippen LogP contribution in [0.4, 0.5) is 5.69 Å². The molecular weight excluding hydrogens is 238 g/mol. The third-order valence-corrected chi connectivity index (χ3v) is 2.77. The highest BCUT2D eigenvalue weighted by atomic mass is 35.5. The van der Waals surface area contributed by atoms with E-state index in [0.29, 0.717) is 21.8 Å². The maximum absolute atomic E-state index is 11.1. The molecule has 86 valence electrons. The van der Waals surface area contributed by atoms with Gasteiger partial charge in [-0.3, -0.25) is 0 Å². The third kappa shape index (κ3) is 2.24. The van der Waals surface area contributed by atoms with E-state index in [2.05, 4.69) is 0 Å². The second-order valence-electron chi connectivity index (χ2n) is 3.59. The highest BCUT2D eigenvalue weighted by molar-refractivity contribution is 6.33. The number of carbonyl (C=O) groups is 1. The molecule has 0 fully saturated rings. The zero-order chi connectivity index (χ0) is 12.4. The fourth-order valence-corrected chi connectivity index (χ4v) is 1.89. The summed E-state index contributed by atoms with van der Waals surface area (Å²) in [4.78, 5) is 11.1. The molecule has 0 atom stereocenters. The SMILES string of the molecule is Nc1ccc(C(=O)O)c(-c2ccccc2Cl)c1. The summed E-state index contributed by atoms with van der Waals surface area (Å²) in [6.07, 6.45) is 0.